The number of carboxylic acids is 1. The third kappa shape index (κ3) is 5.24. The second kappa shape index (κ2) is 8.12. The Morgan fingerprint density at radius 2 is 2.00 bits per heavy atom. The van der Waals surface area contributed by atoms with E-state index >= 15 is 0 Å². The number of esters is 1. The van der Waals surface area contributed by atoms with Crippen molar-refractivity contribution in [2.75, 3.05) is 19.7 Å². The summed E-state index contributed by atoms with van der Waals surface area (Å²) in [6, 6.07) is 6.58. The van der Waals surface area contributed by atoms with E-state index in [0.29, 0.717) is 19.7 Å². The molecule has 0 aliphatic heterocycles. The molecule has 1 N–H and O–H groups in total. The Kier molecular flexibility index (Phi) is 6.46. The maximum absolute atomic E-state index is 11.5. The Balaban J connectivity index is 2.66. The van der Waals surface area contributed by atoms with E-state index in [2.05, 4.69) is 6.58 Å². The van der Waals surface area contributed by atoms with Crippen LogP contribution >= 0.6 is 0 Å². The van der Waals surface area contributed by atoms with E-state index < -0.39 is 5.97 Å². The molecule has 0 atom stereocenters. The van der Waals surface area contributed by atoms with E-state index in [1.165, 1.54) is 0 Å². The van der Waals surface area contributed by atoms with E-state index in [4.69, 9.17) is 9.84 Å². The Labute approximate surface area is 118 Å². The number of nitrogens with zero attached hydrogens (tertiary/aromatic N) is 1. The molecule has 0 radical (unpaired) electrons. The Bertz CT molecular complexity index is 467. The molecular formula is C15H19NO4. The van der Waals surface area contributed by atoms with Gasteiger partial charge in [0.05, 0.1) is 18.7 Å². The van der Waals surface area contributed by atoms with Gasteiger partial charge in [0.15, 0.2) is 0 Å². The molecule has 108 valence electrons. The van der Waals surface area contributed by atoms with Crippen LogP contribution in [0.2, 0.25) is 0 Å². The van der Waals surface area contributed by atoms with Crippen molar-refractivity contribution in [3.8, 4) is 0 Å². The molecule has 1 aromatic carbocycles. The third-order valence-electron chi connectivity index (χ3n) is 2.65. The monoisotopic (exact) mass is 277 g/mol. The highest BCUT2D eigenvalue weighted by atomic mass is 16.5. The number of carbonyl (C=O) groups excluding carboxylic acids is 1. The fourth-order valence-corrected chi connectivity index (χ4v) is 1.77. The molecule has 0 unspecified atom stereocenters. The first-order chi connectivity index (χ1) is 9.56. The highest BCUT2D eigenvalue weighted by Gasteiger charge is 2.11. The van der Waals surface area contributed by atoms with Gasteiger partial charge >= 0.3 is 11.9 Å². The van der Waals surface area contributed by atoms with Gasteiger partial charge in [-0.15, -0.1) is 6.58 Å². The standard InChI is InChI=1S/C15H19NO4/c1-3-9-16(11-14(17)20-4-2)10-12-5-7-13(8-6-12)15(18)19/h3,5-8H,1,4,9-11H2,2H3,(H,18,19). The van der Waals surface area contributed by atoms with Crippen LogP contribution in [0.15, 0.2) is 36.9 Å². The smallest absolute Gasteiger partial charge is 0.335 e. The molecule has 0 fully saturated rings. The van der Waals surface area contributed by atoms with Gasteiger partial charge in [-0.25, -0.2) is 4.79 Å². The Hall–Kier alpha value is -2.14. The summed E-state index contributed by atoms with van der Waals surface area (Å²) in [4.78, 5) is 24.1. The maximum Gasteiger partial charge on any atom is 0.335 e. The molecule has 0 amide bonds. The minimum atomic E-state index is -0.953. The van der Waals surface area contributed by atoms with Gasteiger partial charge in [-0.1, -0.05) is 18.2 Å². The van der Waals surface area contributed by atoms with Crippen molar-refractivity contribution in [2.24, 2.45) is 0 Å². The predicted octanol–water partition coefficient (Wildman–Crippen LogP) is 1.94. The van der Waals surface area contributed by atoms with Gasteiger partial charge in [0.1, 0.15) is 0 Å². The Morgan fingerprint density at radius 1 is 1.35 bits per heavy atom. The highest BCUT2D eigenvalue weighted by Crippen LogP contribution is 2.08. The number of hydrogen-bond donors (Lipinski definition) is 1. The lowest BCUT2D eigenvalue weighted by molar-refractivity contribution is -0.144. The summed E-state index contributed by atoms with van der Waals surface area (Å²) in [6.07, 6.45) is 1.71. The molecule has 1 aromatic rings. The van der Waals surface area contributed by atoms with Gasteiger partial charge in [0.2, 0.25) is 0 Å². The average molecular weight is 277 g/mol. The van der Waals surface area contributed by atoms with E-state index in [9.17, 15) is 9.59 Å². The minimum Gasteiger partial charge on any atom is -0.478 e. The number of aromatic carboxylic acids is 1. The summed E-state index contributed by atoms with van der Waals surface area (Å²) >= 11 is 0. The zero-order valence-corrected chi connectivity index (χ0v) is 11.5. The number of carboxylic acid groups (broad SMARTS) is 1. The summed E-state index contributed by atoms with van der Waals surface area (Å²) in [5, 5.41) is 8.83. The molecule has 0 heterocycles. The van der Waals surface area contributed by atoms with E-state index in [-0.39, 0.29) is 18.1 Å². The van der Waals surface area contributed by atoms with Crippen LogP contribution in [0.5, 0.6) is 0 Å². The third-order valence-corrected chi connectivity index (χ3v) is 2.65. The van der Waals surface area contributed by atoms with Crippen molar-refractivity contribution >= 4 is 11.9 Å². The van der Waals surface area contributed by atoms with Crippen molar-refractivity contribution in [3.63, 3.8) is 0 Å². The second-order valence-electron chi connectivity index (χ2n) is 4.27. The summed E-state index contributed by atoms with van der Waals surface area (Å²) in [5.41, 5.74) is 1.18. The van der Waals surface area contributed by atoms with E-state index in [1.54, 1.807) is 37.3 Å². The molecule has 5 heteroatoms. The highest BCUT2D eigenvalue weighted by molar-refractivity contribution is 5.87. The average Bonchev–Trinajstić information content (AvgIpc) is 2.39. The van der Waals surface area contributed by atoms with Crippen molar-refractivity contribution in [1.29, 1.82) is 0 Å². The number of rotatable bonds is 8. The van der Waals surface area contributed by atoms with Crippen molar-refractivity contribution < 1.29 is 19.4 Å². The number of hydrogen-bond acceptors (Lipinski definition) is 4. The largest absolute Gasteiger partial charge is 0.478 e. The van der Waals surface area contributed by atoms with Gasteiger partial charge in [0, 0.05) is 13.1 Å². The van der Waals surface area contributed by atoms with Gasteiger partial charge in [-0.05, 0) is 24.6 Å². The zero-order valence-electron chi connectivity index (χ0n) is 11.5. The minimum absolute atomic E-state index is 0.181. The molecule has 0 aliphatic rings. The normalized spacial score (nSPS) is 10.3. The van der Waals surface area contributed by atoms with Gasteiger partial charge < -0.3 is 9.84 Å². The molecule has 5 nitrogen and oxygen atoms in total. The first-order valence-corrected chi connectivity index (χ1v) is 6.38. The number of benzene rings is 1. The molecular weight excluding hydrogens is 258 g/mol. The summed E-state index contributed by atoms with van der Waals surface area (Å²) in [7, 11) is 0. The summed E-state index contributed by atoms with van der Waals surface area (Å²) in [5.74, 6) is -1.23. The fourth-order valence-electron chi connectivity index (χ4n) is 1.77. The molecule has 0 bridgehead atoms. The predicted molar refractivity (Wildman–Crippen MR) is 75.5 cm³/mol. The molecule has 1 rings (SSSR count). The molecule has 0 saturated heterocycles. The number of ether oxygens (including phenoxy) is 1. The van der Waals surface area contributed by atoms with Crippen molar-refractivity contribution in [2.45, 2.75) is 13.5 Å². The SMILES string of the molecule is C=CCN(CC(=O)OCC)Cc1ccc(C(=O)O)cc1. The van der Waals surface area contributed by atoms with Crippen molar-refractivity contribution in [3.05, 3.63) is 48.0 Å². The van der Waals surface area contributed by atoms with Crippen LogP contribution in [0.3, 0.4) is 0 Å². The Morgan fingerprint density at radius 3 is 2.50 bits per heavy atom. The second-order valence-corrected chi connectivity index (χ2v) is 4.27. The quantitative estimate of drug-likeness (QED) is 0.581. The van der Waals surface area contributed by atoms with Crippen molar-refractivity contribution in [1.82, 2.24) is 4.90 Å². The van der Waals surface area contributed by atoms with Crippen LogP contribution < -0.4 is 0 Å². The lowest BCUT2D eigenvalue weighted by Gasteiger charge is -2.19. The first kappa shape index (κ1) is 15.9. The summed E-state index contributed by atoms with van der Waals surface area (Å²) < 4.78 is 4.91. The lowest BCUT2D eigenvalue weighted by atomic mass is 10.1. The fraction of sp³-hybridized carbons (Fsp3) is 0.333. The first-order valence-electron chi connectivity index (χ1n) is 6.38. The van der Waals surface area contributed by atoms with Gasteiger partial charge in [-0.2, -0.15) is 0 Å². The molecule has 0 aromatic heterocycles. The van der Waals surface area contributed by atoms with Gasteiger partial charge in [-0.3, -0.25) is 9.69 Å². The van der Waals surface area contributed by atoms with Crippen LogP contribution in [0.4, 0.5) is 0 Å². The van der Waals surface area contributed by atoms with Crippen LogP contribution in [-0.4, -0.2) is 41.6 Å². The molecule has 0 saturated carbocycles. The summed E-state index contributed by atoms with van der Waals surface area (Å²) in [6.45, 7) is 7.05. The van der Waals surface area contributed by atoms with E-state index in [0.717, 1.165) is 5.56 Å². The van der Waals surface area contributed by atoms with Crippen LogP contribution in [0.25, 0.3) is 0 Å². The van der Waals surface area contributed by atoms with Crippen LogP contribution in [0.1, 0.15) is 22.8 Å². The molecule has 0 spiro atoms. The lowest BCUT2D eigenvalue weighted by Crippen LogP contribution is -2.30. The van der Waals surface area contributed by atoms with Crippen LogP contribution in [0, 0.1) is 0 Å². The van der Waals surface area contributed by atoms with Gasteiger partial charge in [0.25, 0.3) is 0 Å². The topological polar surface area (TPSA) is 66.8 Å². The van der Waals surface area contributed by atoms with Crippen LogP contribution in [-0.2, 0) is 16.1 Å². The zero-order chi connectivity index (χ0) is 15.0. The maximum atomic E-state index is 11.5. The number of carbonyl (C=O) groups is 2. The molecule has 0 aliphatic carbocycles. The van der Waals surface area contributed by atoms with E-state index in [1.807, 2.05) is 4.90 Å². The molecule has 20 heavy (non-hydrogen) atoms.